The minimum absolute atomic E-state index is 0.235. The van der Waals surface area contributed by atoms with Crippen molar-refractivity contribution in [3.8, 4) is 17.3 Å². The summed E-state index contributed by atoms with van der Waals surface area (Å²) in [5, 5.41) is 15.5. The summed E-state index contributed by atoms with van der Waals surface area (Å²) >= 11 is 8.99. The highest BCUT2D eigenvalue weighted by Crippen LogP contribution is 2.31. The van der Waals surface area contributed by atoms with Crippen LogP contribution in [0.25, 0.3) is 17.3 Å². The molecule has 10 heteroatoms. The molecule has 0 atom stereocenters. The smallest absolute Gasteiger partial charge is 0.275 e. The SMILES string of the molecule is Cc1ccc(NC(=O)c2csc(CSc3nnc(-c4ccco4)n3-c3ccc(Cl)cc3)n2)cc1. The molecule has 5 rings (SSSR count). The number of furan rings is 1. The van der Waals surface area contributed by atoms with Crippen LogP contribution in [0.3, 0.4) is 0 Å². The minimum atomic E-state index is -0.235. The number of thiazole rings is 1. The summed E-state index contributed by atoms with van der Waals surface area (Å²) in [6.07, 6.45) is 1.60. The molecule has 5 aromatic rings. The van der Waals surface area contributed by atoms with Gasteiger partial charge in [-0.2, -0.15) is 0 Å². The van der Waals surface area contributed by atoms with E-state index in [4.69, 9.17) is 16.0 Å². The summed E-state index contributed by atoms with van der Waals surface area (Å²) in [6, 6.07) is 18.7. The number of aryl methyl sites for hydroxylation is 1. The third-order valence-electron chi connectivity index (χ3n) is 4.88. The van der Waals surface area contributed by atoms with Crippen LogP contribution in [0.1, 0.15) is 21.1 Å². The van der Waals surface area contributed by atoms with Crippen molar-refractivity contribution in [2.24, 2.45) is 0 Å². The van der Waals surface area contributed by atoms with Gasteiger partial charge in [0.2, 0.25) is 5.82 Å². The lowest BCUT2D eigenvalue weighted by Crippen LogP contribution is -2.12. The van der Waals surface area contributed by atoms with Crippen LogP contribution >= 0.6 is 34.7 Å². The Kier molecular flexibility index (Phi) is 6.48. The van der Waals surface area contributed by atoms with Crippen molar-refractivity contribution in [1.82, 2.24) is 19.7 Å². The van der Waals surface area contributed by atoms with E-state index in [1.165, 1.54) is 23.1 Å². The summed E-state index contributed by atoms with van der Waals surface area (Å²) in [7, 11) is 0. The van der Waals surface area contributed by atoms with E-state index in [-0.39, 0.29) is 5.91 Å². The summed E-state index contributed by atoms with van der Waals surface area (Å²) in [4.78, 5) is 17.1. The van der Waals surface area contributed by atoms with Crippen LogP contribution in [-0.4, -0.2) is 25.7 Å². The monoisotopic (exact) mass is 507 g/mol. The molecule has 34 heavy (non-hydrogen) atoms. The third-order valence-corrected chi connectivity index (χ3v) is 7.10. The fourth-order valence-electron chi connectivity index (χ4n) is 3.19. The standard InChI is InChI=1S/C24H18ClN5O2S2/c1-15-4-8-17(9-5-15)26-23(31)19-13-33-21(27-19)14-34-24-29-28-22(20-3-2-12-32-20)30(24)18-10-6-16(25)7-11-18/h2-13H,14H2,1H3,(H,26,31). The molecule has 0 radical (unpaired) electrons. The van der Waals surface area contributed by atoms with Crippen molar-refractivity contribution in [3.63, 3.8) is 0 Å². The van der Waals surface area contributed by atoms with Crippen LogP contribution in [0.2, 0.25) is 5.02 Å². The van der Waals surface area contributed by atoms with Gasteiger partial charge in [0.05, 0.1) is 12.0 Å². The average molecular weight is 508 g/mol. The Balaban J connectivity index is 1.34. The van der Waals surface area contributed by atoms with E-state index in [9.17, 15) is 4.79 Å². The summed E-state index contributed by atoms with van der Waals surface area (Å²) in [6.45, 7) is 2.00. The van der Waals surface area contributed by atoms with E-state index in [1.54, 1.807) is 11.6 Å². The van der Waals surface area contributed by atoms with Gasteiger partial charge in [-0.3, -0.25) is 9.36 Å². The van der Waals surface area contributed by atoms with Gasteiger partial charge in [0.25, 0.3) is 5.91 Å². The van der Waals surface area contributed by atoms with E-state index in [0.29, 0.717) is 33.2 Å². The molecule has 0 aliphatic carbocycles. The topological polar surface area (TPSA) is 85.8 Å². The van der Waals surface area contributed by atoms with E-state index in [0.717, 1.165) is 21.9 Å². The molecule has 0 aliphatic rings. The number of amides is 1. The number of halogens is 1. The fourth-order valence-corrected chi connectivity index (χ4v) is 5.06. The highest BCUT2D eigenvalue weighted by molar-refractivity contribution is 7.98. The Morgan fingerprint density at radius 3 is 2.65 bits per heavy atom. The number of aromatic nitrogens is 4. The number of thioether (sulfide) groups is 1. The van der Waals surface area contributed by atoms with Crippen LogP contribution < -0.4 is 5.32 Å². The molecular weight excluding hydrogens is 490 g/mol. The van der Waals surface area contributed by atoms with Gasteiger partial charge in [0.1, 0.15) is 10.7 Å². The first kappa shape index (κ1) is 22.4. The summed E-state index contributed by atoms with van der Waals surface area (Å²) in [5.41, 5.74) is 3.12. The Hall–Kier alpha value is -3.40. The first-order valence-corrected chi connectivity index (χ1v) is 12.5. The summed E-state index contributed by atoms with van der Waals surface area (Å²) < 4.78 is 7.47. The van der Waals surface area contributed by atoms with Gasteiger partial charge in [-0.1, -0.05) is 41.1 Å². The van der Waals surface area contributed by atoms with Gasteiger partial charge < -0.3 is 9.73 Å². The Bertz CT molecular complexity index is 1410. The maximum atomic E-state index is 12.6. The van der Waals surface area contributed by atoms with E-state index < -0.39 is 0 Å². The van der Waals surface area contributed by atoms with Crippen LogP contribution in [0.15, 0.2) is 81.9 Å². The molecule has 0 saturated carbocycles. The predicted molar refractivity (Wildman–Crippen MR) is 135 cm³/mol. The number of carbonyl (C=O) groups excluding carboxylic acids is 1. The molecule has 1 amide bonds. The number of nitrogens with one attached hydrogen (secondary N) is 1. The van der Waals surface area contributed by atoms with Crippen molar-refractivity contribution in [2.45, 2.75) is 17.8 Å². The third kappa shape index (κ3) is 4.91. The first-order chi connectivity index (χ1) is 16.6. The molecular formula is C24H18ClN5O2S2. The largest absolute Gasteiger partial charge is 0.461 e. The molecule has 0 fully saturated rings. The average Bonchev–Trinajstić information content (AvgIpc) is 3.60. The van der Waals surface area contributed by atoms with Gasteiger partial charge in [-0.25, -0.2) is 4.98 Å². The Labute approximate surface area is 208 Å². The molecule has 0 saturated heterocycles. The van der Waals surface area contributed by atoms with Crippen molar-refractivity contribution in [1.29, 1.82) is 0 Å². The number of rotatable bonds is 7. The van der Waals surface area contributed by atoms with Crippen LogP contribution in [0.5, 0.6) is 0 Å². The lowest BCUT2D eigenvalue weighted by Gasteiger charge is -2.09. The van der Waals surface area contributed by atoms with Gasteiger partial charge in [0.15, 0.2) is 10.9 Å². The van der Waals surface area contributed by atoms with Crippen molar-refractivity contribution in [3.05, 3.63) is 93.6 Å². The minimum Gasteiger partial charge on any atom is -0.461 e. The molecule has 3 aromatic heterocycles. The molecule has 0 spiro atoms. The normalized spacial score (nSPS) is 11.0. The quantitative estimate of drug-likeness (QED) is 0.253. The maximum absolute atomic E-state index is 12.6. The molecule has 2 aromatic carbocycles. The molecule has 3 heterocycles. The molecule has 1 N–H and O–H groups in total. The molecule has 7 nitrogen and oxygen atoms in total. The van der Waals surface area contributed by atoms with Gasteiger partial charge in [-0.15, -0.1) is 21.5 Å². The van der Waals surface area contributed by atoms with Gasteiger partial charge in [0, 0.05) is 21.8 Å². The lowest BCUT2D eigenvalue weighted by atomic mass is 10.2. The van der Waals surface area contributed by atoms with Gasteiger partial charge >= 0.3 is 0 Å². The van der Waals surface area contributed by atoms with Crippen LogP contribution in [0.4, 0.5) is 5.69 Å². The maximum Gasteiger partial charge on any atom is 0.275 e. The zero-order valence-electron chi connectivity index (χ0n) is 17.9. The fraction of sp³-hybridized carbons (Fsp3) is 0.0833. The number of carbonyl (C=O) groups is 1. The Morgan fingerprint density at radius 2 is 1.91 bits per heavy atom. The molecule has 170 valence electrons. The summed E-state index contributed by atoms with van der Waals surface area (Å²) in [5.74, 6) is 1.50. The zero-order chi connectivity index (χ0) is 23.5. The molecule has 0 aliphatic heterocycles. The number of nitrogens with zero attached hydrogens (tertiary/aromatic N) is 4. The highest BCUT2D eigenvalue weighted by atomic mass is 35.5. The second-order valence-electron chi connectivity index (χ2n) is 7.33. The Morgan fingerprint density at radius 1 is 1.12 bits per heavy atom. The van der Waals surface area contributed by atoms with E-state index in [1.807, 2.05) is 72.2 Å². The molecule has 0 unspecified atom stereocenters. The predicted octanol–water partition coefficient (Wildman–Crippen LogP) is 6.49. The number of hydrogen-bond acceptors (Lipinski definition) is 7. The van der Waals surface area contributed by atoms with Crippen molar-refractivity contribution < 1.29 is 9.21 Å². The van der Waals surface area contributed by atoms with E-state index >= 15 is 0 Å². The second-order valence-corrected chi connectivity index (χ2v) is 9.65. The van der Waals surface area contributed by atoms with Crippen molar-refractivity contribution in [2.75, 3.05) is 5.32 Å². The first-order valence-electron chi connectivity index (χ1n) is 10.3. The molecule has 0 bridgehead atoms. The lowest BCUT2D eigenvalue weighted by molar-refractivity contribution is 0.102. The number of benzene rings is 2. The van der Waals surface area contributed by atoms with Gasteiger partial charge in [-0.05, 0) is 55.5 Å². The second kappa shape index (κ2) is 9.84. The van der Waals surface area contributed by atoms with Crippen LogP contribution in [0, 0.1) is 6.92 Å². The zero-order valence-corrected chi connectivity index (χ0v) is 20.3. The van der Waals surface area contributed by atoms with Crippen LogP contribution in [-0.2, 0) is 5.75 Å². The number of anilines is 1. The van der Waals surface area contributed by atoms with E-state index in [2.05, 4.69) is 20.5 Å². The van der Waals surface area contributed by atoms with Crippen molar-refractivity contribution >= 4 is 46.3 Å². The number of hydrogen-bond donors (Lipinski definition) is 1. The highest BCUT2D eigenvalue weighted by Gasteiger charge is 2.19.